The highest BCUT2D eigenvalue weighted by molar-refractivity contribution is 6.45. The molecule has 0 unspecified atom stereocenters. The van der Waals surface area contributed by atoms with Gasteiger partial charge >= 0.3 is 7.05 Å². The first kappa shape index (κ1) is 15.1. The second kappa shape index (κ2) is 6.95. The molecule has 1 heterocycles. The Hall–Kier alpha value is -1.84. The summed E-state index contributed by atoms with van der Waals surface area (Å²) in [4.78, 5) is 2.14. The van der Waals surface area contributed by atoms with Crippen molar-refractivity contribution in [1.82, 2.24) is 4.81 Å². The molecule has 0 aliphatic carbocycles. The summed E-state index contributed by atoms with van der Waals surface area (Å²) in [6.45, 7) is 3.70. The van der Waals surface area contributed by atoms with Crippen LogP contribution in [0.2, 0.25) is 6.82 Å². The molecule has 112 valence electrons. The predicted molar refractivity (Wildman–Crippen MR) is 93.5 cm³/mol. The zero-order chi connectivity index (χ0) is 15.4. The monoisotopic (exact) mass is 291 g/mol. The van der Waals surface area contributed by atoms with Gasteiger partial charge in [-0.25, -0.2) is 0 Å². The van der Waals surface area contributed by atoms with Crippen molar-refractivity contribution in [3.05, 3.63) is 77.4 Å². The maximum absolute atomic E-state index is 9.75. The van der Waals surface area contributed by atoms with Gasteiger partial charge in [-0.05, 0) is 49.5 Å². The zero-order valence-corrected chi connectivity index (χ0v) is 13.1. The average Bonchev–Trinajstić information content (AvgIpc) is 2.57. The minimum Gasteiger partial charge on any atom is -0.437 e. The lowest BCUT2D eigenvalue weighted by atomic mass is 9.80. The van der Waals surface area contributed by atoms with Crippen LogP contribution in [0.3, 0.4) is 0 Å². The van der Waals surface area contributed by atoms with Crippen molar-refractivity contribution in [2.45, 2.75) is 19.7 Å². The highest BCUT2D eigenvalue weighted by Gasteiger charge is 2.23. The lowest BCUT2D eigenvalue weighted by Gasteiger charge is -2.30. The van der Waals surface area contributed by atoms with E-state index in [1.165, 1.54) is 22.3 Å². The third-order valence-electron chi connectivity index (χ3n) is 4.41. The second-order valence-electron chi connectivity index (χ2n) is 5.88. The van der Waals surface area contributed by atoms with Gasteiger partial charge in [0.15, 0.2) is 0 Å². The maximum atomic E-state index is 9.75. The predicted octanol–water partition coefficient (Wildman–Crippen LogP) is 3.69. The van der Waals surface area contributed by atoms with E-state index < -0.39 is 0 Å². The van der Waals surface area contributed by atoms with Gasteiger partial charge in [0.05, 0.1) is 0 Å². The summed E-state index contributed by atoms with van der Waals surface area (Å²) >= 11 is 0. The number of nitrogens with zero attached hydrogens (tertiary/aromatic N) is 1. The summed E-state index contributed by atoms with van der Waals surface area (Å²) in [5.74, 6) is 0. The molecule has 0 amide bonds. The maximum Gasteiger partial charge on any atom is 0.376 e. The van der Waals surface area contributed by atoms with Crippen LogP contribution in [-0.2, 0) is 0 Å². The molecule has 3 heteroatoms. The van der Waals surface area contributed by atoms with Crippen molar-refractivity contribution in [3.63, 3.8) is 0 Å². The summed E-state index contributed by atoms with van der Waals surface area (Å²) in [7, 11) is -0.349. The minimum absolute atomic E-state index is 0.349. The van der Waals surface area contributed by atoms with E-state index in [9.17, 15) is 5.02 Å². The first-order valence-electron chi connectivity index (χ1n) is 8.00. The van der Waals surface area contributed by atoms with Gasteiger partial charge in [-0.2, -0.15) is 0 Å². The van der Waals surface area contributed by atoms with Gasteiger partial charge in [0.2, 0.25) is 0 Å². The number of hydrogen-bond acceptors (Lipinski definition) is 2. The van der Waals surface area contributed by atoms with Gasteiger partial charge in [0, 0.05) is 0 Å². The lowest BCUT2D eigenvalue weighted by molar-refractivity contribution is 0.345. The van der Waals surface area contributed by atoms with E-state index in [2.05, 4.69) is 65.5 Å². The van der Waals surface area contributed by atoms with E-state index in [4.69, 9.17) is 0 Å². The van der Waals surface area contributed by atoms with Gasteiger partial charge in [-0.1, -0.05) is 66.2 Å². The third kappa shape index (κ3) is 3.32. The number of hydrogen-bond donors (Lipinski definition) is 1. The molecule has 0 bridgehead atoms. The molecule has 1 fully saturated rings. The minimum atomic E-state index is -0.349. The zero-order valence-electron chi connectivity index (χ0n) is 13.1. The number of rotatable bonds is 3. The number of benzene rings is 2. The molecule has 1 aliphatic rings. The van der Waals surface area contributed by atoms with Crippen molar-refractivity contribution in [1.29, 1.82) is 0 Å². The molecule has 1 saturated heterocycles. The summed E-state index contributed by atoms with van der Waals surface area (Å²) in [6, 6.07) is 21.3. The van der Waals surface area contributed by atoms with E-state index in [0.29, 0.717) is 0 Å². The van der Waals surface area contributed by atoms with Crippen LogP contribution in [0.25, 0.3) is 5.57 Å². The van der Waals surface area contributed by atoms with Crippen LogP contribution in [0.1, 0.15) is 24.0 Å². The molecule has 22 heavy (non-hydrogen) atoms. The highest BCUT2D eigenvalue weighted by Crippen LogP contribution is 2.32. The van der Waals surface area contributed by atoms with E-state index in [-0.39, 0.29) is 7.05 Å². The molecule has 0 radical (unpaired) electrons. The Labute approximate surface area is 133 Å². The van der Waals surface area contributed by atoms with Crippen LogP contribution < -0.4 is 0 Å². The fourth-order valence-corrected chi connectivity index (χ4v) is 3.20. The van der Waals surface area contributed by atoms with Gasteiger partial charge < -0.3 is 9.83 Å². The first-order chi connectivity index (χ1) is 10.8. The third-order valence-corrected chi connectivity index (χ3v) is 4.41. The van der Waals surface area contributed by atoms with Crippen molar-refractivity contribution < 1.29 is 5.02 Å². The molecule has 2 aromatic carbocycles. The quantitative estimate of drug-likeness (QED) is 0.872. The Balaban J connectivity index is 1.98. The van der Waals surface area contributed by atoms with Crippen molar-refractivity contribution >= 4 is 12.6 Å². The van der Waals surface area contributed by atoms with Gasteiger partial charge in [-0.15, -0.1) is 0 Å². The standard InChI is InChI=1S/C19H22BNO/c1-20(22)21-14-12-18(13-15-21)19(16-8-4-2-5-9-16)17-10-6-3-7-11-17/h2-11,22H,12-15H2,1H3. The molecule has 0 saturated carbocycles. The largest absolute Gasteiger partial charge is 0.437 e. The lowest BCUT2D eigenvalue weighted by Crippen LogP contribution is -2.41. The molecule has 2 nitrogen and oxygen atoms in total. The molecular weight excluding hydrogens is 269 g/mol. The van der Waals surface area contributed by atoms with Crippen molar-refractivity contribution in [2.24, 2.45) is 0 Å². The van der Waals surface area contributed by atoms with Crippen LogP contribution >= 0.6 is 0 Å². The summed E-state index contributed by atoms with van der Waals surface area (Å²) in [6.07, 6.45) is 2.04. The van der Waals surface area contributed by atoms with Crippen LogP contribution in [0.15, 0.2) is 66.2 Å². The van der Waals surface area contributed by atoms with Crippen molar-refractivity contribution in [3.8, 4) is 0 Å². The Morgan fingerprint density at radius 2 is 1.32 bits per heavy atom. The van der Waals surface area contributed by atoms with E-state index in [0.717, 1.165) is 25.9 Å². The molecule has 1 N–H and O–H groups in total. The second-order valence-corrected chi connectivity index (χ2v) is 5.88. The summed E-state index contributed by atoms with van der Waals surface area (Å²) in [5, 5.41) is 9.75. The van der Waals surface area contributed by atoms with E-state index in [1.807, 2.05) is 6.82 Å². The van der Waals surface area contributed by atoms with E-state index >= 15 is 0 Å². The van der Waals surface area contributed by atoms with Gasteiger partial charge in [0.25, 0.3) is 0 Å². The Kier molecular flexibility index (Phi) is 4.76. The fraction of sp³-hybridized carbons (Fsp3) is 0.263. The SMILES string of the molecule is CB(O)N1CCC(=C(c2ccccc2)c2ccccc2)CC1. The molecular formula is C19H22BNO. The van der Waals surface area contributed by atoms with Gasteiger partial charge in [-0.3, -0.25) is 0 Å². The summed E-state index contributed by atoms with van der Waals surface area (Å²) in [5.41, 5.74) is 5.43. The fourth-order valence-electron chi connectivity index (χ4n) is 3.20. The van der Waals surface area contributed by atoms with Crippen LogP contribution in [0.4, 0.5) is 0 Å². The van der Waals surface area contributed by atoms with Crippen LogP contribution in [0.5, 0.6) is 0 Å². The Morgan fingerprint density at radius 1 is 0.864 bits per heavy atom. The molecule has 1 aliphatic heterocycles. The topological polar surface area (TPSA) is 23.5 Å². The summed E-state index contributed by atoms with van der Waals surface area (Å²) < 4.78 is 0. The Morgan fingerprint density at radius 3 is 1.73 bits per heavy atom. The molecule has 3 rings (SSSR count). The first-order valence-corrected chi connectivity index (χ1v) is 8.00. The molecule has 2 aromatic rings. The smallest absolute Gasteiger partial charge is 0.376 e. The van der Waals surface area contributed by atoms with Crippen molar-refractivity contribution in [2.75, 3.05) is 13.1 Å². The number of piperidine rings is 1. The van der Waals surface area contributed by atoms with Crippen LogP contribution in [-0.4, -0.2) is 30.0 Å². The average molecular weight is 291 g/mol. The normalized spacial score (nSPS) is 15.6. The van der Waals surface area contributed by atoms with Gasteiger partial charge in [0.1, 0.15) is 0 Å². The Bertz CT molecular complexity index is 585. The molecule has 0 spiro atoms. The highest BCUT2D eigenvalue weighted by atomic mass is 16.2. The van der Waals surface area contributed by atoms with Crippen LogP contribution in [0, 0.1) is 0 Å². The molecule has 0 atom stereocenters. The molecule has 0 aromatic heterocycles. The van der Waals surface area contributed by atoms with E-state index in [1.54, 1.807) is 0 Å².